The minimum atomic E-state index is 0.448. The van der Waals surface area contributed by atoms with Gasteiger partial charge in [0.05, 0.1) is 23.1 Å². The Balaban J connectivity index is 1.95. The van der Waals surface area contributed by atoms with Gasteiger partial charge in [-0.3, -0.25) is 0 Å². The number of aromatic nitrogens is 3. The SMILES string of the molecule is Clc1cnc(C#Cc2cc3ccc(Br)cc3[nH]2)nc1. The number of rotatable bonds is 0. The second-order valence-corrected chi connectivity index (χ2v) is 5.24. The number of nitrogens with zero attached hydrogens (tertiary/aromatic N) is 2. The first-order valence-corrected chi connectivity index (χ1v) is 6.66. The molecule has 0 amide bonds. The van der Waals surface area contributed by atoms with Crippen LogP contribution in [0.3, 0.4) is 0 Å². The summed E-state index contributed by atoms with van der Waals surface area (Å²) in [5.41, 5.74) is 1.86. The molecule has 0 aliphatic rings. The highest BCUT2D eigenvalue weighted by Crippen LogP contribution is 2.19. The van der Waals surface area contributed by atoms with Crippen molar-refractivity contribution in [3.05, 3.63) is 57.7 Å². The summed E-state index contributed by atoms with van der Waals surface area (Å²) in [5.74, 6) is 6.34. The number of aromatic amines is 1. The Hall–Kier alpha value is -1.83. The molecule has 0 bridgehead atoms. The Morgan fingerprint density at radius 3 is 2.68 bits per heavy atom. The smallest absolute Gasteiger partial charge is 0.205 e. The molecule has 0 spiro atoms. The molecular formula is C14H7BrClN3. The second-order valence-electron chi connectivity index (χ2n) is 3.89. The van der Waals surface area contributed by atoms with Gasteiger partial charge in [-0.25, -0.2) is 9.97 Å². The van der Waals surface area contributed by atoms with Crippen molar-refractivity contribution in [3.8, 4) is 11.8 Å². The van der Waals surface area contributed by atoms with E-state index in [1.807, 2.05) is 24.3 Å². The van der Waals surface area contributed by atoms with Crippen molar-refractivity contribution in [2.45, 2.75) is 0 Å². The molecule has 0 radical (unpaired) electrons. The van der Waals surface area contributed by atoms with Crippen LogP contribution >= 0.6 is 27.5 Å². The predicted molar refractivity (Wildman–Crippen MR) is 79.0 cm³/mol. The minimum absolute atomic E-state index is 0.448. The summed E-state index contributed by atoms with van der Waals surface area (Å²) in [6, 6.07) is 8.03. The molecule has 92 valence electrons. The minimum Gasteiger partial charge on any atom is -0.348 e. The summed E-state index contributed by atoms with van der Waals surface area (Å²) >= 11 is 9.15. The van der Waals surface area contributed by atoms with E-state index in [1.54, 1.807) is 0 Å². The third-order valence-electron chi connectivity index (χ3n) is 2.51. The van der Waals surface area contributed by atoms with Gasteiger partial charge in [0.1, 0.15) is 0 Å². The maximum absolute atomic E-state index is 5.71. The molecule has 0 saturated carbocycles. The number of nitrogens with one attached hydrogen (secondary N) is 1. The maximum atomic E-state index is 5.71. The normalized spacial score (nSPS) is 10.2. The van der Waals surface area contributed by atoms with E-state index in [0.717, 1.165) is 21.1 Å². The van der Waals surface area contributed by atoms with Gasteiger partial charge < -0.3 is 4.98 Å². The van der Waals surface area contributed by atoms with E-state index in [0.29, 0.717) is 10.8 Å². The van der Waals surface area contributed by atoms with E-state index in [9.17, 15) is 0 Å². The number of halogens is 2. The maximum Gasteiger partial charge on any atom is 0.205 e. The molecule has 1 aromatic carbocycles. The zero-order chi connectivity index (χ0) is 13.2. The molecule has 0 aliphatic carbocycles. The van der Waals surface area contributed by atoms with Crippen molar-refractivity contribution in [2.24, 2.45) is 0 Å². The average molecular weight is 333 g/mol. The van der Waals surface area contributed by atoms with Gasteiger partial charge in [-0.05, 0) is 30.0 Å². The summed E-state index contributed by atoms with van der Waals surface area (Å²) < 4.78 is 1.03. The van der Waals surface area contributed by atoms with Crippen LogP contribution in [0.1, 0.15) is 11.5 Å². The van der Waals surface area contributed by atoms with E-state index in [-0.39, 0.29) is 0 Å². The highest BCUT2D eigenvalue weighted by Gasteiger charge is 1.99. The molecule has 2 heterocycles. The molecule has 0 saturated heterocycles. The van der Waals surface area contributed by atoms with Gasteiger partial charge in [-0.15, -0.1) is 0 Å². The van der Waals surface area contributed by atoms with E-state index in [2.05, 4.69) is 42.7 Å². The molecule has 1 N–H and O–H groups in total. The summed E-state index contributed by atoms with van der Waals surface area (Å²) in [4.78, 5) is 11.3. The predicted octanol–water partition coefficient (Wildman–Crippen LogP) is 3.77. The van der Waals surface area contributed by atoms with Crippen molar-refractivity contribution >= 4 is 38.4 Å². The Kier molecular flexibility index (Phi) is 3.24. The largest absolute Gasteiger partial charge is 0.348 e. The lowest BCUT2D eigenvalue weighted by Gasteiger charge is -1.89. The number of hydrogen-bond donors (Lipinski definition) is 1. The van der Waals surface area contributed by atoms with Gasteiger partial charge in [-0.1, -0.05) is 33.6 Å². The van der Waals surface area contributed by atoms with Crippen LogP contribution in [-0.2, 0) is 0 Å². The van der Waals surface area contributed by atoms with Crippen LogP contribution in [0.25, 0.3) is 10.9 Å². The number of fused-ring (bicyclic) bond motifs is 1. The van der Waals surface area contributed by atoms with E-state index >= 15 is 0 Å². The van der Waals surface area contributed by atoms with Crippen molar-refractivity contribution in [3.63, 3.8) is 0 Å². The van der Waals surface area contributed by atoms with Gasteiger partial charge in [0.2, 0.25) is 5.82 Å². The lowest BCUT2D eigenvalue weighted by atomic mass is 10.2. The third kappa shape index (κ3) is 2.78. The molecular weight excluding hydrogens is 326 g/mol. The van der Waals surface area contributed by atoms with Crippen molar-refractivity contribution < 1.29 is 0 Å². The standard InChI is InChI=1S/C14H7BrClN3/c15-10-2-1-9-5-12(19-13(9)6-10)3-4-14-17-7-11(16)8-18-14/h1-2,5-8,19H. The molecule has 5 heteroatoms. The Labute approximate surface area is 123 Å². The second kappa shape index (κ2) is 5.04. The Morgan fingerprint density at radius 2 is 1.89 bits per heavy atom. The number of benzene rings is 1. The Bertz CT molecular complexity index is 797. The quantitative estimate of drug-likeness (QED) is 0.637. The highest BCUT2D eigenvalue weighted by atomic mass is 79.9. The van der Waals surface area contributed by atoms with Crippen LogP contribution in [0, 0.1) is 11.8 Å². The van der Waals surface area contributed by atoms with Crippen LogP contribution in [0.4, 0.5) is 0 Å². The van der Waals surface area contributed by atoms with Crippen LogP contribution < -0.4 is 0 Å². The van der Waals surface area contributed by atoms with E-state index in [4.69, 9.17) is 11.6 Å². The first-order valence-electron chi connectivity index (χ1n) is 5.48. The summed E-state index contributed by atoms with van der Waals surface area (Å²) in [6.45, 7) is 0. The van der Waals surface area contributed by atoms with Gasteiger partial charge in [0.15, 0.2) is 0 Å². The topological polar surface area (TPSA) is 41.6 Å². The Morgan fingerprint density at radius 1 is 1.11 bits per heavy atom. The number of hydrogen-bond acceptors (Lipinski definition) is 2. The third-order valence-corrected chi connectivity index (χ3v) is 3.20. The average Bonchev–Trinajstić information content (AvgIpc) is 2.80. The summed E-state index contributed by atoms with van der Waals surface area (Å²) in [6.07, 6.45) is 3.06. The van der Waals surface area contributed by atoms with Crippen molar-refractivity contribution in [1.29, 1.82) is 0 Å². The lowest BCUT2D eigenvalue weighted by molar-refractivity contribution is 1.13. The van der Waals surface area contributed by atoms with Gasteiger partial charge in [0.25, 0.3) is 0 Å². The number of H-pyrrole nitrogens is 1. The lowest BCUT2D eigenvalue weighted by Crippen LogP contribution is -1.86. The first kappa shape index (κ1) is 12.2. The van der Waals surface area contributed by atoms with E-state index in [1.165, 1.54) is 12.4 Å². The molecule has 19 heavy (non-hydrogen) atoms. The molecule has 0 aliphatic heterocycles. The molecule has 0 unspecified atom stereocenters. The van der Waals surface area contributed by atoms with E-state index < -0.39 is 0 Å². The fraction of sp³-hybridized carbons (Fsp3) is 0. The van der Waals surface area contributed by atoms with Crippen molar-refractivity contribution in [1.82, 2.24) is 15.0 Å². The molecule has 0 atom stereocenters. The monoisotopic (exact) mass is 331 g/mol. The zero-order valence-corrected chi connectivity index (χ0v) is 12.0. The first-order chi connectivity index (χ1) is 9.20. The van der Waals surface area contributed by atoms with Crippen LogP contribution in [-0.4, -0.2) is 15.0 Å². The van der Waals surface area contributed by atoms with Crippen LogP contribution in [0.2, 0.25) is 5.02 Å². The van der Waals surface area contributed by atoms with Crippen LogP contribution in [0.15, 0.2) is 41.1 Å². The van der Waals surface area contributed by atoms with Gasteiger partial charge in [-0.2, -0.15) is 0 Å². The fourth-order valence-electron chi connectivity index (χ4n) is 1.67. The van der Waals surface area contributed by atoms with Gasteiger partial charge in [0, 0.05) is 15.4 Å². The van der Waals surface area contributed by atoms with Gasteiger partial charge >= 0.3 is 0 Å². The molecule has 0 fully saturated rings. The van der Waals surface area contributed by atoms with Crippen LogP contribution in [0.5, 0.6) is 0 Å². The molecule has 3 aromatic rings. The van der Waals surface area contributed by atoms with Crippen molar-refractivity contribution in [2.75, 3.05) is 0 Å². The fourth-order valence-corrected chi connectivity index (χ4v) is 2.13. The summed E-state index contributed by atoms with van der Waals surface area (Å²) in [5, 5.41) is 1.62. The molecule has 3 nitrogen and oxygen atoms in total. The molecule has 3 rings (SSSR count). The molecule has 2 aromatic heterocycles. The highest BCUT2D eigenvalue weighted by molar-refractivity contribution is 9.10. The zero-order valence-electron chi connectivity index (χ0n) is 9.61. The summed E-state index contributed by atoms with van der Waals surface area (Å²) in [7, 11) is 0.